The van der Waals surface area contributed by atoms with Crippen LogP contribution in [0.4, 0.5) is 45.5 Å². The van der Waals surface area contributed by atoms with Crippen molar-refractivity contribution in [2.24, 2.45) is 0 Å². The fourth-order valence-corrected chi connectivity index (χ4v) is 15.5. The molecule has 4 bridgehead atoms. The van der Waals surface area contributed by atoms with Gasteiger partial charge in [-0.3, -0.25) is 0 Å². The second-order valence-corrected chi connectivity index (χ2v) is 28.7. The fourth-order valence-electron chi connectivity index (χ4n) is 15.5. The van der Waals surface area contributed by atoms with Gasteiger partial charge in [-0.15, -0.1) is 0 Å². The molecule has 382 valence electrons. The summed E-state index contributed by atoms with van der Waals surface area (Å²) in [7, 11) is 0. The zero-order valence-electron chi connectivity index (χ0n) is 48.2. The monoisotopic (exact) mass is 986 g/mol. The van der Waals surface area contributed by atoms with Crippen LogP contribution in [0.25, 0.3) is 11.1 Å². The summed E-state index contributed by atoms with van der Waals surface area (Å²) in [6, 6.07) is 50.1. The van der Waals surface area contributed by atoms with Crippen LogP contribution in [0, 0.1) is 13.8 Å². The Balaban J connectivity index is 1.23. The van der Waals surface area contributed by atoms with E-state index in [-0.39, 0.29) is 44.7 Å². The van der Waals surface area contributed by atoms with Crippen molar-refractivity contribution in [1.82, 2.24) is 0 Å². The normalized spacial score (nSPS) is 22.8. The standard InChI is InChI=1S/C71H80BN3/c1-43-33-44(2)64-55(34-43)70(15)29-17-18-30-71(70,16)75(64)51-39-61-63-62(40-51)74-58-28-26-47(66(6,7)8)37-52(58)45-21-19-23-49(35-45)69(14)32-31-68(12,13)53-41-57(60(74)42-54(53)69)72(63)56-27-25-48(67(9,10)11)38-59(56)73(61)50-24-20-22-46(36-50)65(3,4)5/h19-28,33-42H,17-18,29-32H2,1-16H3. The van der Waals surface area contributed by atoms with Crippen molar-refractivity contribution in [1.29, 1.82) is 0 Å². The Labute approximate surface area is 450 Å². The van der Waals surface area contributed by atoms with Gasteiger partial charge in [0.2, 0.25) is 0 Å². The minimum atomic E-state index is -0.163. The highest BCUT2D eigenvalue weighted by Crippen LogP contribution is 2.63. The summed E-state index contributed by atoms with van der Waals surface area (Å²) >= 11 is 0. The quantitative estimate of drug-likeness (QED) is 0.160. The van der Waals surface area contributed by atoms with Gasteiger partial charge in [0.1, 0.15) is 0 Å². The van der Waals surface area contributed by atoms with E-state index in [4.69, 9.17) is 0 Å². The van der Waals surface area contributed by atoms with Gasteiger partial charge >= 0.3 is 0 Å². The molecule has 0 spiro atoms. The molecule has 6 aliphatic rings. The predicted octanol–water partition coefficient (Wildman–Crippen LogP) is 17.4. The molecule has 0 saturated heterocycles. The summed E-state index contributed by atoms with van der Waals surface area (Å²) < 4.78 is 0. The molecule has 4 heterocycles. The van der Waals surface area contributed by atoms with E-state index < -0.39 is 0 Å². The Morgan fingerprint density at radius 1 is 0.480 bits per heavy atom. The van der Waals surface area contributed by atoms with Gasteiger partial charge in [0.25, 0.3) is 6.71 Å². The lowest BCUT2D eigenvalue weighted by molar-refractivity contribution is 0.195. The minimum absolute atomic E-state index is 0.000464. The number of fused-ring (bicyclic) bond motifs is 13. The number of aryl methyl sites for hydroxylation is 2. The molecule has 2 aliphatic carbocycles. The smallest absolute Gasteiger partial charge is 0.252 e. The zero-order chi connectivity index (χ0) is 52.9. The number of hydrogen-bond acceptors (Lipinski definition) is 3. The van der Waals surface area contributed by atoms with Crippen LogP contribution in [-0.4, -0.2) is 12.3 Å². The number of benzene rings is 7. The molecule has 7 aromatic rings. The molecule has 4 aliphatic heterocycles. The summed E-state index contributed by atoms with van der Waals surface area (Å²) in [4.78, 5) is 8.36. The average molecular weight is 986 g/mol. The molecule has 0 amide bonds. The van der Waals surface area contributed by atoms with Gasteiger partial charge in [0.05, 0.1) is 11.2 Å². The topological polar surface area (TPSA) is 9.72 Å². The van der Waals surface area contributed by atoms with Crippen LogP contribution < -0.4 is 31.1 Å². The summed E-state index contributed by atoms with van der Waals surface area (Å²) in [6.45, 7) is 38.8. The van der Waals surface area contributed by atoms with Crippen molar-refractivity contribution in [3.63, 3.8) is 0 Å². The fraction of sp³-hybridized carbons (Fsp3) is 0.408. The van der Waals surface area contributed by atoms with E-state index in [1.807, 2.05) is 0 Å². The largest absolute Gasteiger partial charge is 0.334 e. The van der Waals surface area contributed by atoms with E-state index in [2.05, 4.69) is 247 Å². The van der Waals surface area contributed by atoms with Crippen LogP contribution >= 0.6 is 0 Å². The number of hydrogen-bond donors (Lipinski definition) is 0. The molecule has 0 aromatic heterocycles. The van der Waals surface area contributed by atoms with E-state index >= 15 is 0 Å². The van der Waals surface area contributed by atoms with Crippen molar-refractivity contribution >= 4 is 68.6 Å². The Kier molecular flexibility index (Phi) is 10.1. The molecule has 1 fully saturated rings. The van der Waals surface area contributed by atoms with Gasteiger partial charge in [0.15, 0.2) is 0 Å². The first-order valence-corrected chi connectivity index (χ1v) is 28.6. The third kappa shape index (κ3) is 6.78. The lowest BCUT2D eigenvalue weighted by Gasteiger charge is -2.52. The maximum absolute atomic E-state index is 2.88. The number of anilines is 8. The maximum Gasteiger partial charge on any atom is 0.252 e. The van der Waals surface area contributed by atoms with E-state index in [1.165, 1.54) is 142 Å². The molecule has 0 radical (unpaired) electrons. The van der Waals surface area contributed by atoms with Crippen LogP contribution in [0.15, 0.2) is 121 Å². The Morgan fingerprint density at radius 2 is 1.13 bits per heavy atom. The molecular weight excluding hydrogens is 906 g/mol. The first-order valence-electron chi connectivity index (χ1n) is 28.6. The van der Waals surface area contributed by atoms with Crippen LogP contribution in [0.1, 0.15) is 186 Å². The predicted molar refractivity (Wildman–Crippen MR) is 323 cm³/mol. The van der Waals surface area contributed by atoms with Gasteiger partial charge in [-0.25, -0.2) is 0 Å². The van der Waals surface area contributed by atoms with E-state index in [9.17, 15) is 0 Å². The third-order valence-corrected chi connectivity index (χ3v) is 20.3. The molecule has 1 saturated carbocycles. The highest BCUT2D eigenvalue weighted by Gasteiger charge is 2.59. The van der Waals surface area contributed by atoms with E-state index in [0.29, 0.717) is 0 Å². The second-order valence-electron chi connectivity index (χ2n) is 28.7. The first kappa shape index (κ1) is 48.6. The summed E-state index contributed by atoms with van der Waals surface area (Å²) in [5.41, 5.74) is 29.4. The Morgan fingerprint density at radius 3 is 1.87 bits per heavy atom. The van der Waals surface area contributed by atoms with Gasteiger partial charge in [0, 0.05) is 56.2 Å². The van der Waals surface area contributed by atoms with Crippen molar-refractivity contribution < 1.29 is 0 Å². The minimum Gasteiger partial charge on any atom is -0.334 e. The molecule has 3 atom stereocenters. The Bertz CT molecular complexity index is 3590. The van der Waals surface area contributed by atoms with E-state index in [1.54, 1.807) is 0 Å². The van der Waals surface area contributed by atoms with Crippen LogP contribution in [0.2, 0.25) is 0 Å². The number of rotatable bonds is 2. The second kappa shape index (κ2) is 15.6. The van der Waals surface area contributed by atoms with Crippen LogP contribution in [-0.2, 0) is 32.5 Å². The Hall–Kier alpha value is -6.00. The molecular formula is C71H80BN3. The molecule has 7 aromatic carbocycles. The van der Waals surface area contributed by atoms with Gasteiger partial charge in [-0.1, -0.05) is 181 Å². The van der Waals surface area contributed by atoms with Crippen LogP contribution in [0.3, 0.4) is 0 Å². The molecule has 13 rings (SSSR count). The highest BCUT2D eigenvalue weighted by molar-refractivity contribution is 7.00. The molecule has 75 heavy (non-hydrogen) atoms. The third-order valence-electron chi connectivity index (χ3n) is 20.3. The van der Waals surface area contributed by atoms with E-state index in [0.717, 1.165) is 19.3 Å². The zero-order valence-corrected chi connectivity index (χ0v) is 48.2. The van der Waals surface area contributed by atoms with Crippen LogP contribution in [0.5, 0.6) is 0 Å². The average Bonchev–Trinajstić information content (AvgIpc) is 3.66. The summed E-state index contributed by atoms with van der Waals surface area (Å²) in [6.07, 6.45) is 7.04. The first-order chi connectivity index (χ1) is 35.2. The molecule has 4 heteroatoms. The lowest BCUT2D eigenvalue weighted by Crippen LogP contribution is -2.62. The van der Waals surface area contributed by atoms with Crippen molar-refractivity contribution in [2.45, 2.75) is 187 Å². The van der Waals surface area contributed by atoms with Gasteiger partial charge < -0.3 is 14.7 Å². The van der Waals surface area contributed by atoms with Crippen molar-refractivity contribution in [3.05, 3.63) is 171 Å². The number of nitrogens with zero attached hydrogens (tertiary/aromatic N) is 3. The lowest BCUT2D eigenvalue weighted by atomic mass is 9.33. The van der Waals surface area contributed by atoms with Crippen molar-refractivity contribution in [3.8, 4) is 11.1 Å². The summed E-state index contributed by atoms with van der Waals surface area (Å²) in [5, 5.41) is 0. The SMILES string of the molecule is Cc1cc(C)c2c(c1)C1(C)CCCCC1(C)N2c1cc2c3c(c1)N1c4cc5c(cc4B3c3ccc(C(C)(C)C)cc3N2c2cccc(C(C)(C)C)c2)C(C)(C)CCC5(C)c2cccc(c2)-c2cc(C(C)(C)C)ccc21. The highest BCUT2D eigenvalue weighted by atomic mass is 15.3. The molecule has 0 N–H and O–H groups in total. The molecule has 3 unspecified atom stereocenters. The van der Waals surface area contributed by atoms with Gasteiger partial charge in [-0.2, -0.15) is 0 Å². The summed E-state index contributed by atoms with van der Waals surface area (Å²) in [5.74, 6) is 0. The molecule has 3 nitrogen and oxygen atoms in total. The van der Waals surface area contributed by atoms with Gasteiger partial charge in [-0.05, 0) is 183 Å². The van der Waals surface area contributed by atoms with Crippen molar-refractivity contribution in [2.75, 3.05) is 14.7 Å². The maximum atomic E-state index is 2.88.